The Morgan fingerprint density at radius 1 is 1.24 bits per heavy atom. The predicted octanol–water partition coefficient (Wildman–Crippen LogP) is 4.98. The highest BCUT2D eigenvalue weighted by atomic mass is 32.2. The van der Waals surface area contributed by atoms with E-state index in [1.807, 2.05) is 13.8 Å². The minimum absolute atomic E-state index is 0.177. The number of alkyl halides is 3. The van der Waals surface area contributed by atoms with Crippen molar-refractivity contribution in [2.24, 2.45) is 5.41 Å². The first-order valence-electron chi connectivity index (χ1n) is 8.74. The number of carboxylic acid groups (broad SMARTS) is 1. The molecule has 0 heterocycles. The van der Waals surface area contributed by atoms with Gasteiger partial charge in [0.1, 0.15) is 5.76 Å². The SMILES string of the molecule is CC1(C)C=C(C=CCCc2ccc(C(=O)O)cc2)C(OS(=O)(=O)C(F)(F)F)=CC1. The standard InChI is InChI=1S/C20H21F3O5S/c1-19(2)12-11-17(28-29(26,27)20(21,22)23)16(13-19)6-4-3-5-14-7-9-15(10-8-14)18(24)25/h4,6-11,13H,3,5,12H2,1-2H3,(H,24,25). The summed E-state index contributed by atoms with van der Waals surface area (Å²) in [6.07, 6.45) is 7.68. The van der Waals surface area contributed by atoms with Gasteiger partial charge in [-0.2, -0.15) is 21.6 Å². The molecule has 0 fully saturated rings. The topological polar surface area (TPSA) is 80.7 Å². The van der Waals surface area contributed by atoms with Gasteiger partial charge in [0.15, 0.2) is 0 Å². The zero-order chi connectivity index (χ0) is 21.9. The number of benzene rings is 1. The summed E-state index contributed by atoms with van der Waals surface area (Å²) in [6.45, 7) is 3.74. The molecule has 0 atom stereocenters. The fourth-order valence-corrected chi connectivity index (χ4v) is 3.17. The number of aromatic carboxylic acids is 1. The number of aryl methyl sites for hydroxylation is 1. The van der Waals surface area contributed by atoms with Crippen LogP contribution in [0, 0.1) is 5.41 Å². The van der Waals surface area contributed by atoms with Gasteiger partial charge in [0, 0.05) is 5.57 Å². The number of rotatable bonds is 7. The monoisotopic (exact) mass is 430 g/mol. The number of hydrogen-bond donors (Lipinski definition) is 1. The lowest BCUT2D eigenvalue weighted by Gasteiger charge is -2.26. The highest BCUT2D eigenvalue weighted by molar-refractivity contribution is 7.87. The van der Waals surface area contributed by atoms with Gasteiger partial charge in [-0.3, -0.25) is 0 Å². The molecule has 0 spiro atoms. The van der Waals surface area contributed by atoms with E-state index in [2.05, 4.69) is 4.18 Å². The Morgan fingerprint density at radius 2 is 1.86 bits per heavy atom. The van der Waals surface area contributed by atoms with E-state index in [9.17, 15) is 26.4 Å². The number of carbonyl (C=O) groups is 1. The summed E-state index contributed by atoms with van der Waals surface area (Å²) in [5.41, 5.74) is -4.53. The maximum Gasteiger partial charge on any atom is 0.534 e. The molecular formula is C20H21F3O5S. The molecule has 2 rings (SSSR count). The van der Waals surface area contributed by atoms with Crippen LogP contribution in [0.25, 0.3) is 0 Å². The second kappa shape index (κ2) is 8.44. The van der Waals surface area contributed by atoms with E-state index in [0.717, 1.165) is 5.56 Å². The van der Waals surface area contributed by atoms with Crippen molar-refractivity contribution in [1.29, 1.82) is 0 Å². The van der Waals surface area contributed by atoms with Crippen LogP contribution in [0.4, 0.5) is 13.2 Å². The quantitative estimate of drug-likeness (QED) is 0.487. The number of allylic oxidation sites excluding steroid dienone is 4. The van der Waals surface area contributed by atoms with E-state index in [0.29, 0.717) is 19.3 Å². The van der Waals surface area contributed by atoms with Crippen molar-refractivity contribution in [2.75, 3.05) is 0 Å². The van der Waals surface area contributed by atoms with Crippen LogP contribution < -0.4 is 0 Å². The van der Waals surface area contributed by atoms with Gasteiger partial charge in [-0.05, 0) is 48.4 Å². The molecule has 1 aliphatic carbocycles. The molecule has 158 valence electrons. The molecule has 1 N–H and O–H groups in total. The first kappa shape index (κ1) is 22.7. The largest absolute Gasteiger partial charge is 0.534 e. The molecule has 0 aliphatic heterocycles. The van der Waals surface area contributed by atoms with Crippen LogP contribution in [0.1, 0.15) is 42.6 Å². The van der Waals surface area contributed by atoms with E-state index in [1.54, 1.807) is 24.3 Å². The highest BCUT2D eigenvalue weighted by Gasteiger charge is 2.49. The fourth-order valence-electron chi connectivity index (χ4n) is 2.68. The fraction of sp³-hybridized carbons (Fsp3) is 0.350. The molecule has 9 heteroatoms. The molecule has 0 unspecified atom stereocenters. The van der Waals surface area contributed by atoms with Crippen molar-refractivity contribution in [2.45, 2.75) is 38.6 Å². The van der Waals surface area contributed by atoms with Gasteiger partial charge >= 0.3 is 21.6 Å². The second-order valence-corrected chi connectivity index (χ2v) is 8.82. The molecule has 0 radical (unpaired) electrons. The van der Waals surface area contributed by atoms with E-state index in [4.69, 9.17) is 5.11 Å². The average Bonchev–Trinajstić information content (AvgIpc) is 2.60. The minimum Gasteiger partial charge on any atom is -0.478 e. The van der Waals surface area contributed by atoms with Crippen LogP contribution in [0.15, 0.2) is 59.9 Å². The van der Waals surface area contributed by atoms with Crippen LogP contribution in [0.3, 0.4) is 0 Å². The number of halogens is 3. The Balaban J connectivity index is 2.09. The third-order valence-corrected chi connectivity index (χ3v) is 5.19. The Bertz CT molecular complexity index is 953. The molecule has 29 heavy (non-hydrogen) atoms. The lowest BCUT2D eigenvalue weighted by Crippen LogP contribution is -2.26. The van der Waals surface area contributed by atoms with Crippen LogP contribution >= 0.6 is 0 Å². The molecule has 0 saturated carbocycles. The summed E-state index contributed by atoms with van der Waals surface area (Å²) in [6, 6.07) is 6.35. The lowest BCUT2D eigenvalue weighted by molar-refractivity contribution is -0.0520. The van der Waals surface area contributed by atoms with Crippen molar-refractivity contribution in [3.05, 3.63) is 71.0 Å². The van der Waals surface area contributed by atoms with Gasteiger partial charge in [0.25, 0.3) is 0 Å². The van der Waals surface area contributed by atoms with Crippen molar-refractivity contribution >= 4 is 16.1 Å². The lowest BCUT2D eigenvalue weighted by atomic mass is 9.82. The molecule has 1 aromatic carbocycles. The van der Waals surface area contributed by atoms with Crippen LogP contribution in [0.5, 0.6) is 0 Å². The Labute approximate surface area is 167 Å². The van der Waals surface area contributed by atoms with Crippen molar-refractivity contribution in [1.82, 2.24) is 0 Å². The Morgan fingerprint density at radius 3 is 2.41 bits per heavy atom. The first-order valence-corrected chi connectivity index (χ1v) is 10.1. The van der Waals surface area contributed by atoms with Crippen LogP contribution in [-0.4, -0.2) is 25.0 Å². The van der Waals surface area contributed by atoms with Gasteiger partial charge in [-0.1, -0.05) is 44.2 Å². The third kappa shape index (κ3) is 6.22. The Kier molecular flexibility index (Phi) is 6.62. The van der Waals surface area contributed by atoms with Crippen molar-refractivity contribution in [3.8, 4) is 0 Å². The molecule has 1 aromatic rings. The zero-order valence-electron chi connectivity index (χ0n) is 15.9. The molecule has 0 amide bonds. The summed E-state index contributed by atoms with van der Waals surface area (Å²) in [5.74, 6) is -1.36. The molecular weight excluding hydrogens is 409 g/mol. The molecule has 5 nitrogen and oxygen atoms in total. The summed E-state index contributed by atoms with van der Waals surface area (Å²) >= 11 is 0. The second-order valence-electron chi connectivity index (χ2n) is 7.29. The van der Waals surface area contributed by atoms with E-state index < -0.39 is 21.6 Å². The van der Waals surface area contributed by atoms with Gasteiger partial charge in [0.05, 0.1) is 5.56 Å². The normalized spacial score (nSPS) is 17.0. The Hall–Kier alpha value is -2.55. The first-order chi connectivity index (χ1) is 13.3. The predicted molar refractivity (Wildman–Crippen MR) is 101 cm³/mol. The van der Waals surface area contributed by atoms with Crippen LogP contribution in [0.2, 0.25) is 0 Å². The van der Waals surface area contributed by atoms with Gasteiger partial charge in [0.2, 0.25) is 0 Å². The number of carboxylic acids is 1. The molecule has 0 saturated heterocycles. The summed E-state index contributed by atoms with van der Waals surface area (Å²) in [5, 5.41) is 8.88. The molecule has 0 aromatic heterocycles. The minimum atomic E-state index is -5.74. The maximum absolute atomic E-state index is 12.6. The van der Waals surface area contributed by atoms with Gasteiger partial charge < -0.3 is 9.29 Å². The van der Waals surface area contributed by atoms with Gasteiger partial charge in [-0.15, -0.1) is 0 Å². The summed E-state index contributed by atoms with van der Waals surface area (Å²) in [7, 11) is -5.74. The summed E-state index contributed by atoms with van der Waals surface area (Å²) < 4.78 is 64.9. The summed E-state index contributed by atoms with van der Waals surface area (Å²) in [4.78, 5) is 10.8. The van der Waals surface area contributed by atoms with Crippen molar-refractivity contribution in [3.63, 3.8) is 0 Å². The molecule has 1 aliphatic rings. The van der Waals surface area contributed by atoms with E-state index in [-0.39, 0.29) is 22.3 Å². The smallest absolute Gasteiger partial charge is 0.478 e. The van der Waals surface area contributed by atoms with E-state index in [1.165, 1.54) is 24.3 Å². The van der Waals surface area contributed by atoms with Crippen molar-refractivity contribution < 1.29 is 35.7 Å². The number of hydrogen-bond acceptors (Lipinski definition) is 4. The average molecular weight is 430 g/mol. The van der Waals surface area contributed by atoms with Crippen LogP contribution in [-0.2, 0) is 20.7 Å². The molecule has 0 bridgehead atoms. The maximum atomic E-state index is 12.6. The third-order valence-electron chi connectivity index (χ3n) is 4.23. The highest BCUT2D eigenvalue weighted by Crippen LogP contribution is 2.36. The zero-order valence-corrected chi connectivity index (χ0v) is 16.7. The van der Waals surface area contributed by atoms with E-state index >= 15 is 0 Å². The van der Waals surface area contributed by atoms with Gasteiger partial charge in [-0.25, -0.2) is 4.79 Å².